The van der Waals surface area contributed by atoms with Crippen LogP contribution in [0.25, 0.3) is 22.0 Å². The van der Waals surface area contributed by atoms with Crippen LogP contribution in [0.5, 0.6) is 0 Å². The predicted octanol–water partition coefficient (Wildman–Crippen LogP) is 4.74. The molecule has 0 atom stereocenters. The Labute approximate surface area is 122 Å². The number of hydrogen-bond donors (Lipinski definition) is 0. The molecule has 20 heavy (non-hydrogen) atoms. The van der Waals surface area contributed by atoms with E-state index in [2.05, 4.69) is 11.1 Å². The minimum Gasteiger partial charge on any atom is -0.237 e. The molecule has 2 aromatic carbocycles. The summed E-state index contributed by atoms with van der Waals surface area (Å²) in [7, 11) is 0. The third-order valence-electron chi connectivity index (χ3n) is 3.33. The standard InChI is InChI=1S/C17H11ClN2/c1-11-6-8-13(10-19)20-17(11)16-14-5-3-2-4-12(14)7-9-15(16)18/h2-9H,1H3. The number of aromatic nitrogens is 1. The largest absolute Gasteiger partial charge is 0.237 e. The van der Waals surface area contributed by atoms with Crippen LogP contribution in [-0.2, 0) is 0 Å². The lowest BCUT2D eigenvalue weighted by Gasteiger charge is -2.11. The maximum absolute atomic E-state index is 9.04. The molecule has 0 fully saturated rings. The molecule has 0 N–H and O–H groups in total. The number of hydrogen-bond acceptors (Lipinski definition) is 2. The zero-order chi connectivity index (χ0) is 14.1. The van der Waals surface area contributed by atoms with Crippen molar-refractivity contribution in [2.45, 2.75) is 6.92 Å². The molecule has 0 radical (unpaired) electrons. The number of fused-ring (bicyclic) bond motifs is 1. The van der Waals surface area contributed by atoms with Crippen molar-refractivity contribution in [3.63, 3.8) is 0 Å². The van der Waals surface area contributed by atoms with Gasteiger partial charge in [0.2, 0.25) is 0 Å². The van der Waals surface area contributed by atoms with E-state index in [1.54, 1.807) is 6.07 Å². The number of pyridine rings is 1. The minimum atomic E-state index is 0.398. The first-order valence-electron chi connectivity index (χ1n) is 6.26. The fourth-order valence-electron chi connectivity index (χ4n) is 2.33. The van der Waals surface area contributed by atoms with Crippen LogP contribution in [0.1, 0.15) is 11.3 Å². The SMILES string of the molecule is Cc1ccc(C#N)nc1-c1c(Cl)ccc2ccccc12. The molecule has 0 spiro atoms. The average Bonchev–Trinajstić information content (AvgIpc) is 2.48. The lowest BCUT2D eigenvalue weighted by Crippen LogP contribution is -1.93. The molecule has 0 aliphatic carbocycles. The molecule has 96 valence electrons. The highest BCUT2D eigenvalue weighted by Gasteiger charge is 2.13. The third-order valence-corrected chi connectivity index (χ3v) is 3.64. The van der Waals surface area contributed by atoms with E-state index in [1.165, 1.54) is 0 Å². The summed E-state index contributed by atoms with van der Waals surface area (Å²) in [5.41, 5.74) is 3.06. The molecule has 1 aromatic heterocycles. The van der Waals surface area contributed by atoms with Crippen molar-refractivity contribution >= 4 is 22.4 Å². The van der Waals surface area contributed by atoms with Gasteiger partial charge in [-0.2, -0.15) is 5.26 Å². The zero-order valence-corrected chi connectivity index (χ0v) is 11.6. The van der Waals surface area contributed by atoms with Gasteiger partial charge in [0, 0.05) is 5.56 Å². The normalized spacial score (nSPS) is 10.4. The maximum Gasteiger partial charge on any atom is 0.141 e. The van der Waals surface area contributed by atoms with E-state index in [1.807, 2.05) is 49.4 Å². The van der Waals surface area contributed by atoms with Gasteiger partial charge in [-0.3, -0.25) is 0 Å². The highest BCUT2D eigenvalue weighted by molar-refractivity contribution is 6.35. The molecular weight excluding hydrogens is 268 g/mol. The molecule has 2 nitrogen and oxygen atoms in total. The summed E-state index contributed by atoms with van der Waals surface area (Å²) in [5.74, 6) is 0. The maximum atomic E-state index is 9.04. The Balaban J connectivity index is 2.40. The second kappa shape index (κ2) is 4.96. The van der Waals surface area contributed by atoms with Gasteiger partial charge in [0.15, 0.2) is 0 Å². The number of aryl methyl sites for hydroxylation is 1. The first kappa shape index (κ1) is 12.7. The van der Waals surface area contributed by atoms with Crippen LogP contribution in [0.2, 0.25) is 5.02 Å². The molecule has 0 bridgehead atoms. The van der Waals surface area contributed by atoms with E-state index in [0.717, 1.165) is 27.6 Å². The van der Waals surface area contributed by atoms with Gasteiger partial charge in [-0.05, 0) is 35.4 Å². The first-order chi connectivity index (χ1) is 9.70. The van der Waals surface area contributed by atoms with Gasteiger partial charge in [0.1, 0.15) is 11.8 Å². The van der Waals surface area contributed by atoms with Crippen molar-refractivity contribution in [2.24, 2.45) is 0 Å². The topological polar surface area (TPSA) is 36.7 Å². The van der Waals surface area contributed by atoms with Gasteiger partial charge in [-0.15, -0.1) is 0 Å². The molecule has 0 saturated heterocycles. The van der Waals surface area contributed by atoms with E-state index >= 15 is 0 Å². The molecule has 0 unspecified atom stereocenters. The van der Waals surface area contributed by atoms with Crippen LogP contribution in [0.4, 0.5) is 0 Å². The fourth-order valence-corrected chi connectivity index (χ4v) is 2.58. The minimum absolute atomic E-state index is 0.398. The van der Waals surface area contributed by atoms with Gasteiger partial charge in [-0.1, -0.05) is 48.0 Å². The summed E-state index contributed by atoms with van der Waals surface area (Å²) < 4.78 is 0. The Hall–Kier alpha value is -2.37. The monoisotopic (exact) mass is 278 g/mol. The lowest BCUT2D eigenvalue weighted by atomic mass is 9.99. The van der Waals surface area contributed by atoms with Gasteiger partial charge in [0.05, 0.1) is 10.7 Å². The third kappa shape index (κ3) is 2.03. The Kier molecular flexibility index (Phi) is 3.14. The quantitative estimate of drug-likeness (QED) is 0.645. The predicted molar refractivity (Wildman–Crippen MR) is 81.6 cm³/mol. The molecule has 0 aliphatic rings. The molecule has 0 saturated carbocycles. The molecule has 0 aliphatic heterocycles. The smallest absolute Gasteiger partial charge is 0.141 e. The van der Waals surface area contributed by atoms with Gasteiger partial charge >= 0.3 is 0 Å². The molecule has 3 rings (SSSR count). The Bertz CT molecular complexity index is 847. The second-order valence-electron chi connectivity index (χ2n) is 4.62. The highest BCUT2D eigenvalue weighted by atomic mass is 35.5. The van der Waals surface area contributed by atoms with Gasteiger partial charge in [-0.25, -0.2) is 4.98 Å². The van der Waals surface area contributed by atoms with Crippen LogP contribution in [0.3, 0.4) is 0 Å². The summed E-state index contributed by atoms with van der Waals surface area (Å²) >= 11 is 6.38. The van der Waals surface area contributed by atoms with E-state index < -0.39 is 0 Å². The van der Waals surface area contributed by atoms with Crippen LogP contribution in [0.15, 0.2) is 48.5 Å². The summed E-state index contributed by atoms with van der Waals surface area (Å²) in [5, 5.41) is 11.8. The highest BCUT2D eigenvalue weighted by Crippen LogP contribution is 2.35. The van der Waals surface area contributed by atoms with E-state index in [-0.39, 0.29) is 0 Å². The van der Waals surface area contributed by atoms with E-state index in [9.17, 15) is 0 Å². The van der Waals surface area contributed by atoms with Crippen molar-refractivity contribution in [2.75, 3.05) is 0 Å². The number of benzene rings is 2. The van der Waals surface area contributed by atoms with E-state index in [4.69, 9.17) is 16.9 Å². The Morgan fingerprint density at radius 1 is 1.05 bits per heavy atom. The first-order valence-corrected chi connectivity index (χ1v) is 6.64. The van der Waals surface area contributed by atoms with Crippen LogP contribution >= 0.6 is 11.6 Å². The van der Waals surface area contributed by atoms with Crippen molar-refractivity contribution in [1.29, 1.82) is 5.26 Å². The molecule has 1 heterocycles. The number of nitrogens with zero attached hydrogens (tertiary/aromatic N) is 2. The lowest BCUT2D eigenvalue weighted by molar-refractivity contribution is 1.23. The second-order valence-corrected chi connectivity index (χ2v) is 5.02. The van der Waals surface area contributed by atoms with Crippen molar-refractivity contribution in [1.82, 2.24) is 4.98 Å². The Morgan fingerprint density at radius 2 is 1.85 bits per heavy atom. The number of nitriles is 1. The number of rotatable bonds is 1. The number of halogens is 1. The van der Waals surface area contributed by atoms with Crippen molar-refractivity contribution in [3.8, 4) is 17.3 Å². The van der Waals surface area contributed by atoms with Gasteiger partial charge in [0.25, 0.3) is 0 Å². The molecule has 3 aromatic rings. The Morgan fingerprint density at radius 3 is 2.65 bits per heavy atom. The van der Waals surface area contributed by atoms with Crippen LogP contribution in [-0.4, -0.2) is 4.98 Å². The summed E-state index contributed by atoms with van der Waals surface area (Å²) in [6.45, 7) is 1.97. The van der Waals surface area contributed by atoms with Gasteiger partial charge < -0.3 is 0 Å². The van der Waals surface area contributed by atoms with E-state index in [0.29, 0.717) is 10.7 Å². The van der Waals surface area contributed by atoms with Crippen molar-refractivity contribution < 1.29 is 0 Å². The molecular formula is C17H11ClN2. The van der Waals surface area contributed by atoms with Crippen LogP contribution < -0.4 is 0 Å². The van der Waals surface area contributed by atoms with Crippen LogP contribution in [0, 0.1) is 18.3 Å². The zero-order valence-electron chi connectivity index (χ0n) is 10.9. The molecule has 0 amide bonds. The summed E-state index contributed by atoms with van der Waals surface area (Å²) in [6, 6.07) is 17.6. The fraction of sp³-hybridized carbons (Fsp3) is 0.0588. The molecule has 3 heteroatoms. The summed E-state index contributed by atoms with van der Waals surface area (Å²) in [6.07, 6.45) is 0. The van der Waals surface area contributed by atoms with Crippen molar-refractivity contribution in [3.05, 3.63) is 64.8 Å². The average molecular weight is 279 g/mol. The summed E-state index contributed by atoms with van der Waals surface area (Å²) in [4.78, 5) is 4.43.